The van der Waals surface area contributed by atoms with Crippen molar-refractivity contribution in [3.63, 3.8) is 0 Å². The van der Waals surface area contributed by atoms with E-state index in [9.17, 15) is 17.6 Å². The van der Waals surface area contributed by atoms with Gasteiger partial charge in [-0.2, -0.15) is 8.42 Å². The van der Waals surface area contributed by atoms with Gasteiger partial charge < -0.3 is 13.8 Å². The molecule has 2 aromatic carbocycles. The Labute approximate surface area is 189 Å². The number of ether oxygens (including phenoxy) is 1. The van der Waals surface area contributed by atoms with Crippen LogP contribution in [0, 0.1) is 11.7 Å². The van der Waals surface area contributed by atoms with Crippen molar-refractivity contribution in [2.24, 2.45) is 5.92 Å². The lowest BCUT2D eigenvalue weighted by Crippen LogP contribution is -2.33. The lowest BCUT2D eigenvalue weighted by molar-refractivity contribution is -0.132. The molecular formula is C24H30FNO5S. The fourth-order valence-corrected chi connectivity index (χ4v) is 4.89. The molecule has 6 nitrogen and oxygen atoms in total. The maximum atomic E-state index is 13.1. The molecule has 0 radical (unpaired) electrons. The van der Waals surface area contributed by atoms with Crippen LogP contribution in [-0.4, -0.2) is 39.5 Å². The first-order valence-electron chi connectivity index (χ1n) is 10.9. The number of nitrogens with zero attached hydrogens (tertiary/aromatic N) is 1. The predicted octanol–water partition coefficient (Wildman–Crippen LogP) is 4.54. The summed E-state index contributed by atoms with van der Waals surface area (Å²) in [6.45, 7) is 1.21. The standard InChI is InChI=1S/C24H30FNO5S/c1-30-16-15-26(24(27)14-9-19-5-2-3-6-19)18-20-7-4-8-22(17-20)31-32(28,29)23-12-10-21(25)11-13-23/h4,7-8,10-13,17,19H,2-3,5-6,9,14-16,18H2,1H3. The molecule has 0 unspecified atom stereocenters. The molecule has 0 saturated heterocycles. The summed E-state index contributed by atoms with van der Waals surface area (Å²) in [5.74, 6) is 0.312. The molecule has 3 rings (SSSR count). The zero-order valence-electron chi connectivity index (χ0n) is 18.3. The van der Waals surface area contributed by atoms with Gasteiger partial charge in [0.15, 0.2) is 0 Å². The molecule has 1 fully saturated rings. The third kappa shape index (κ3) is 7.03. The van der Waals surface area contributed by atoms with Crippen LogP contribution >= 0.6 is 0 Å². The molecule has 1 saturated carbocycles. The third-order valence-electron chi connectivity index (χ3n) is 5.74. The van der Waals surface area contributed by atoms with Gasteiger partial charge in [-0.3, -0.25) is 4.79 Å². The molecule has 0 spiro atoms. The Morgan fingerprint density at radius 2 is 1.84 bits per heavy atom. The number of halogens is 1. The maximum Gasteiger partial charge on any atom is 0.339 e. The maximum absolute atomic E-state index is 13.1. The van der Waals surface area contributed by atoms with Crippen LogP contribution in [0.2, 0.25) is 0 Å². The first kappa shape index (κ1) is 24.2. The quantitative estimate of drug-likeness (QED) is 0.458. The Bertz CT molecular complexity index is 988. The van der Waals surface area contributed by atoms with Crippen molar-refractivity contribution in [3.8, 4) is 5.75 Å². The fourth-order valence-electron chi connectivity index (χ4n) is 3.97. The largest absolute Gasteiger partial charge is 0.383 e. The second-order valence-electron chi connectivity index (χ2n) is 8.14. The number of hydrogen-bond donors (Lipinski definition) is 0. The van der Waals surface area contributed by atoms with Crippen LogP contribution in [0.1, 0.15) is 44.1 Å². The van der Waals surface area contributed by atoms with Crippen molar-refractivity contribution >= 4 is 16.0 Å². The molecule has 1 aliphatic carbocycles. The van der Waals surface area contributed by atoms with Gasteiger partial charge in [0.1, 0.15) is 16.5 Å². The van der Waals surface area contributed by atoms with Crippen LogP contribution < -0.4 is 4.18 Å². The van der Waals surface area contributed by atoms with E-state index < -0.39 is 15.9 Å². The monoisotopic (exact) mass is 463 g/mol. The van der Waals surface area contributed by atoms with E-state index in [-0.39, 0.29) is 16.6 Å². The first-order chi connectivity index (χ1) is 15.4. The van der Waals surface area contributed by atoms with Gasteiger partial charge >= 0.3 is 10.1 Å². The fraction of sp³-hybridized carbons (Fsp3) is 0.458. The van der Waals surface area contributed by atoms with Crippen LogP contribution in [0.4, 0.5) is 4.39 Å². The molecule has 0 aliphatic heterocycles. The van der Waals surface area contributed by atoms with Gasteiger partial charge in [-0.15, -0.1) is 0 Å². The molecule has 2 aromatic rings. The van der Waals surface area contributed by atoms with Gasteiger partial charge in [-0.25, -0.2) is 4.39 Å². The molecular weight excluding hydrogens is 433 g/mol. The second-order valence-corrected chi connectivity index (χ2v) is 9.68. The first-order valence-corrected chi connectivity index (χ1v) is 12.3. The molecule has 0 aromatic heterocycles. The average Bonchev–Trinajstić information content (AvgIpc) is 3.29. The van der Waals surface area contributed by atoms with E-state index >= 15 is 0 Å². The van der Waals surface area contributed by atoms with E-state index in [1.54, 1.807) is 24.1 Å². The van der Waals surface area contributed by atoms with Gasteiger partial charge in [-0.1, -0.05) is 37.8 Å². The van der Waals surface area contributed by atoms with E-state index in [0.717, 1.165) is 36.2 Å². The van der Waals surface area contributed by atoms with Crippen molar-refractivity contribution in [2.45, 2.75) is 50.0 Å². The highest BCUT2D eigenvalue weighted by Gasteiger charge is 2.20. The molecule has 0 atom stereocenters. The minimum Gasteiger partial charge on any atom is -0.383 e. The summed E-state index contributed by atoms with van der Waals surface area (Å²) < 4.78 is 48.4. The zero-order chi connectivity index (χ0) is 23.0. The number of carbonyl (C=O) groups is 1. The number of amides is 1. The molecule has 1 aliphatic rings. The van der Waals surface area contributed by atoms with Crippen LogP contribution in [0.15, 0.2) is 53.4 Å². The molecule has 174 valence electrons. The Balaban J connectivity index is 1.66. The molecule has 1 amide bonds. The Hall–Kier alpha value is -2.45. The zero-order valence-corrected chi connectivity index (χ0v) is 19.2. The van der Waals surface area contributed by atoms with E-state index in [1.807, 2.05) is 6.07 Å². The van der Waals surface area contributed by atoms with Gasteiger partial charge in [0, 0.05) is 26.6 Å². The summed E-state index contributed by atoms with van der Waals surface area (Å²) in [7, 11) is -2.50. The summed E-state index contributed by atoms with van der Waals surface area (Å²) in [4.78, 5) is 14.5. The number of benzene rings is 2. The smallest absolute Gasteiger partial charge is 0.339 e. The lowest BCUT2D eigenvalue weighted by Gasteiger charge is -2.23. The van der Waals surface area contributed by atoms with Crippen LogP contribution in [0.5, 0.6) is 5.75 Å². The molecule has 0 N–H and O–H groups in total. The van der Waals surface area contributed by atoms with Gasteiger partial charge in [0.25, 0.3) is 0 Å². The van der Waals surface area contributed by atoms with E-state index in [4.69, 9.17) is 8.92 Å². The number of carbonyl (C=O) groups excluding carboxylic acids is 1. The number of rotatable bonds is 11. The van der Waals surface area contributed by atoms with Crippen molar-refractivity contribution in [2.75, 3.05) is 20.3 Å². The van der Waals surface area contributed by atoms with Gasteiger partial charge in [0.2, 0.25) is 5.91 Å². The molecule has 0 bridgehead atoms. The lowest BCUT2D eigenvalue weighted by atomic mass is 10.0. The van der Waals surface area contributed by atoms with Crippen molar-refractivity contribution in [1.82, 2.24) is 4.90 Å². The molecule has 0 heterocycles. The highest BCUT2D eigenvalue weighted by Crippen LogP contribution is 2.29. The summed E-state index contributed by atoms with van der Waals surface area (Å²) in [6.07, 6.45) is 6.31. The average molecular weight is 464 g/mol. The van der Waals surface area contributed by atoms with E-state index in [1.165, 1.54) is 31.7 Å². The number of hydrogen-bond acceptors (Lipinski definition) is 5. The normalized spacial score (nSPS) is 14.4. The SMILES string of the molecule is COCCN(Cc1cccc(OS(=O)(=O)c2ccc(F)cc2)c1)C(=O)CCC1CCCC1. The minimum atomic E-state index is -4.09. The van der Waals surface area contributed by atoms with Crippen molar-refractivity contribution in [1.29, 1.82) is 0 Å². The van der Waals surface area contributed by atoms with Crippen molar-refractivity contribution in [3.05, 3.63) is 59.9 Å². The summed E-state index contributed by atoms with van der Waals surface area (Å²) in [6, 6.07) is 11.1. The van der Waals surface area contributed by atoms with Crippen LogP contribution in [-0.2, 0) is 26.2 Å². The number of methoxy groups -OCH3 is 1. The summed E-state index contributed by atoms with van der Waals surface area (Å²) >= 11 is 0. The third-order valence-corrected chi connectivity index (χ3v) is 7.00. The van der Waals surface area contributed by atoms with Gasteiger partial charge in [0.05, 0.1) is 6.61 Å². The van der Waals surface area contributed by atoms with E-state index in [0.29, 0.717) is 32.0 Å². The summed E-state index contributed by atoms with van der Waals surface area (Å²) in [5, 5.41) is 0. The predicted molar refractivity (Wildman–Crippen MR) is 119 cm³/mol. The highest BCUT2D eigenvalue weighted by molar-refractivity contribution is 7.87. The molecule has 8 heteroatoms. The van der Waals surface area contributed by atoms with Crippen LogP contribution in [0.25, 0.3) is 0 Å². The van der Waals surface area contributed by atoms with Crippen LogP contribution in [0.3, 0.4) is 0 Å². The topological polar surface area (TPSA) is 72.9 Å². The Kier molecular flexibility index (Phi) is 8.64. The van der Waals surface area contributed by atoms with Gasteiger partial charge in [-0.05, 0) is 54.3 Å². The Morgan fingerprint density at radius 1 is 1.12 bits per heavy atom. The van der Waals surface area contributed by atoms with E-state index in [2.05, 4.69) is 0 Å². The highest BCUT2D eigenvalue weighted by atomic mass is 32.2. The molecule has 32 heavy (non-hydrogen) atoms. The van der Waals surface area contributed by atoms with Crippen molar-refractivity contribution < 1.29 is 26.5 Å². The minimum absolute atomic E-state index is 0.0687. The summed E-state index contributed by atoms with van der Waals surface area (Å²) in [5.41, 5.74) is 0.752. The second kappa shape index (κ2) is 11.4. The Morgan fingerprint density at radius 3 is 2.53 bits per heavy atom.